The van der Waals surface area contributed by atoms with E-state index in [4.69, 9.17) is 4.42 Å². The molecule has 1 aliphatic rings. The first-order chi connectivity index (χ1) is 16.8. The fraction of sp³-hybridized carbons (Fsp3) is 0.240. The second kappa shape index (κ2) is 10.1. The SMILES string of the molecule is Cc1ccc(C(=O)N[C@@H](C(=O)N2CCN(C(=O)c3ccco3)CC2)S(=O)(=O)c2ccccc2)cc1. The lowest BCUT2D eigenvalue weighted by molar-refractivity contribution is -0.132. The fourth-order valence-electron chi connectivity index (χ4n) is 3.78. The molecule has 0 unspecified atom stereocenters. The van der Waals surface area contributed by atoms with E-state index in [2.05, 4.69) is 5.32 Å². The van der Waals surface area contributed by atoms with Crippen molar-refractivity contribution in [1.82, 2.24) is 15.1 Å². The van der Waals surface area contributed by atoms with Crippen molar-refractivity contribution in [3.05, 3.63) is 89.9 Å². The number of benzene rings is 2. The molecule has 0 bridgehead atoms. The number of hydrogen-bond acceptors (Lipinski definition) is 6. The Hall–Kier alpha value is -3.92. The normalized spacial score (nSPS) is 14.9. The van der Waals surface area contributed by atoms with Crippen LogP contribution in [0.2, 0.25) is 0 Å². The van der Waals surface area contributed by atoms with Crippen molar-refractivity contribution >= 4 is 27.6 Å². The summed E-state index contributed by atoms with van der Waals surface area (Å²) in [6.45, 7) is 2.51. The Morgan fingerprint density at radius 3 is 2.09 bits per heavy atom. The van der Waals surface area contributed by atoms with E-state index in [9.17, 15) is 22.8 Å². The fourth-order valence-corrected chi connectivity index (χ4v) is 5.26. The minimum Gasteiger partial charge on any atom is -0.459 e. The largest absolute Gasteiger partial charge is 0.459 e. The minimum absolute atomic E-state index is 0.0748. The van der Waals surface area contributed by atoms with E-state index in [1.54, 1.807) is 54.6 Å². The second-order valence-corrected chi connectivity index (χ2v) is 10.2. The first-order valence-corrected chi connectivity index (χ1v) is 12.6. The number of rotatable bonds is 6. The average molecular weight is 496 g/mol. The molecule has 1 saturated heterocycles. The average Bonchev–Trinajstić information content (AvgIpc) is 3.42. The molecule has 4 rings (SSSR count). The Kier molecular flexibility index (Phi) is 7.02. The van der Waals surface area contributed by atoms with Crippen LogP contribution < -0.4 is 5.32 Å². The summed E-state index contributed by atoms with van der Waals surface area (Å²) in [4.78, 5) is 41.7. The van der Waals surface area contributed by atoms with Gasteiger partial charge < -0.3 is 19.5 Å². The van der Waals surface area contributed by atoms with Gasteiger partial charge in [0.25, 0.3) is 17.7 Å². The maximum absolute atomic E-state index is 13.5. The van der Waals surface area contributed by atoms with E-state index in [0.29, 0.717) is 0 Å². The molecule has 1 fully saturated rings. The van der Waals surface area contributed by atoms with Gasteiger partial charge in [0.1, 0.15) is 0 Å². The first kappa shape index (κ1) is 24.2. The molecule has 0 radical (unpaired) electrons. The maximum Gasteiger partial charge on any atom is 0.289 e. The molecule has 182 valence electrons. The summed E-state index contributed by atoms with van der Waals surface area (Å²) in [5.41, 5.74) is 1.18. The maximum atomic E-state index is 13.5. The lowest BCUT2D eigenvalue weighted by Crippen LogP contribution is -2.57. The third-order valence-corrected chi connectivity index (χ3v) is 7.66. The van der Waals surface area contributed by atoms with Gasteiger partial charge >= 0.3 is 0 Å². The number of carbonyl (C=O) groups is 3. The van der Waals surface area contributed by atoms with Crippen molar-refractivity contribution in [2.45, 2.75) is 17.2 Å². The van der Waals surface area contributed by atoms with Crippen LogP contribution in [0.4, 0.5) is 0 Å². The Bertz CT molecular complexity index is 1300. The molecule has 35 heavy (non-hydrogen) atoms. The molecular weight excluding hydrogens is 470 g/mol. The third-order valence-electron chi connectivity index (χ3n) is 5.79. The first-order valence-electron chi connectivity index (χ1n) is 11.1. The molecule has 9 nitrogen and oxygen atoms in total. The zero-order valence-corrected chi connectivity index (χ0v) is 19.9. The van der Waals surface area contributed by atoms with Crippen molar-refractivity contribution in [2.75, 3.05) is 26.2 Å². The van der Waals surface area contributed by atoms with E-state index in [0.717, 1.165) is 5.56 Å². The monoisotopic (exact) mass is 495 g/mol. The van der Waals surface area contributed by atoms with Gasteiger partial charge in [0, 0.05) is 31.7 Å². The van der Waals surface area contributed by atoms with Gasteiger partial charge in [-0.2, -0.15) is 0 Å². The van der Waals surface area contributed by atoms with Crippen LogP contribution in [-0.2, 0) is 14.6 Å². The number of hydrogen-bond donors (Lipinski definition) is 1. The van der Waals surface area contributed by atoms with Crippen LogP contribution in [-0.4, -0.2) is 67.5 Å². The summed E-state index contributed by atoms with van der Waals surface area (Å²) in [5, 5.41) is 0.617. The number of piperazine rings is 1. The number of carbonyl (C=O) groups excluding carboxylic acids is 3. The minimum atomic E-state index is -4.24. The van der Waals surface area contributed by atoms with E-state index in [1.807, 2.05) is 6.92 Å². The Labute approximate surface area is 203 Å². The highest BCUT2D eigenvalue weighted by Gasteiger charge is 2.39. The Morgan fingerprint density at radius 1 is 0.857 bits per heavy atom. The molecule has 0 spiro atoms. The molecule has 0 aliphatic carbocycles. The van der Waals surface area contributed by atoms with E-state index in [1.165, 1.54) is 28.2 Å². The van der Waals surface area contributed by atoms with Crippen LogP contribution in [0.5, 0.6) is 0 Å². The van der Waals surface area contributed by atoms with Gasteiger partial charge in [-0.1, -0.05) is 35.9 Å². The molecule has 1 atom stereocenters. The highest BCUT2D eigenvalue weighted by atomic mass is 32.2. The molecule has 1 N–H and O–H groups in total. The number of nitrogens with zero attached hydrogens (tertiary/aromatic N) is 2. The molecule has 1 aliphatic heterocycles. The summed E-state index contributed by atoms with van der Waals surface area (Å²) >= 11 is 0. The van der Waals surface area contributed by atoms with Crippen LogP contribution >= 0.6 is 0 Å². The standard InChI is InChI=1S/C25H25N3O6S/c1-18-9-11-19(12-10-18)22(29)26-23(35(32,33)20-6-3-2-4-7-20)25(31)28-15-13-27(14-16-28)24(30)21-8-5-17-34-21/h2-12,17,23H,13-16H2,1H3,(H,26,29)/t23-/m1/s1. The van der Waals surface area contributed by atoms with Crippen LogP contribution in [0.15, 0.2) is 82.3 Å². The predicted octanol–water partition coefficient (Wildman–Crippen LogP) is 2.10. The number of sulfone groups is 1. The molecule has 2 heterocycles. The van der Waals surface area contributed by atoms with Crippen LogP contribution in [0.3, 0.4) is 0 Å². The van der Waals surface area contributed by atoms with Gasteiger partial charge in [-0.25, -0.2) is 8.42 Å². The zero-order valence-electron chi connectivity index (χ0n) is 19.1. The van der Waals surface area contributed by atoms with Crippen molar-refractivity contribution in [2.24, 2.45) is 0 Å². The third kappa shape index (κ3) is 5.27. The van der Waals surface area contributed by atoms with Gasteiger partial charge in [-0.3, -0.25) is 14.4 Å². The summed E-state index contributed by atoms with van der Waals surface area (Å²) in [7, 11) is -4.24. The summed E-state index contributed by atoms with van der Waals surface area (Å²) < 4.78 is 32.0. The Morgan fingerprint density at radius 2 is 1.49 bits per heavy atom. The summed E-state index contributed by atoms with van der Waals surface area (Å²) in [6.07, 6.45) is 1.41. The molecule has 0 saturated carbocycles. The zero-order chi connectivity index (χ0) is 25.0. The molecule has 2 aromatic carbocycles. The number of aryl methyl sites for hydroxylation is 1. The van der Waals surface area contributed by atoms with Crippen LogP contribution in [0.1, 0.15) is 26.5 Å². The van der Waals surface area contributed by atoms with Crippen molar-refractivity contribution in [3.8, 4) is 0 Å². The number of nitrogens with one attached hydrogen (secondary N) is 1. The van der Waals surface area contributed by atoms with Gasteiger partial charge in [0.15, 0.2) is 5.76 Å². The van der Waals surface area contributed by atoms with Gasteiger partial charge in [0.2, 0.25) is 15.2 Å². The number of furan rings is 1. The molecule has 1 aromatic heterocycles. The molecular formula is C25H25N3O6S. The van der Waals surface area contributed by atoms with Gasteiger partial charge in [-0.15, -0.1) is 0 Å². The van der Waals surface area contributed by atoms with Crippen molar-refractivity contribution in [3.63, 3.8) is 0 Å². The van der Waals surface area contributed by atoms with Crippen LogP contribution in [0.25, 0.3) is 0 Å². The smallest absolute Gasteiger partial charge is 0.289 e. The molecule has 10 heteroatoms. The quantitative estimate of drug-likeness (QED) is 0.560. The predicted molar refractivity (Wildman–Crippen MR) is 127 cm³/mol. The lowest BCUT2D eigenvalue weighted by Gasteiger charge is -2.36. The molecule has 3 amide bonds. The molecule has 3 aromatic rings. The van der Waals surface area contributed by atoms with Crippen molar-refractivity contribution in [1.29, 1.82) is 0 Å². The van der Waals surface area contributed by atoms with E-state index >= 15 is 0 Å². The van der Waals surface area contributed by atoms with Crippen LogP contribution in [0, 0.1) is 6.92 Å². The summed E-state index contributed by atoms with van der Waals surface area (Å²) in [6, 6.07) is 17.3. The topological polar surface area (TPSA) is 117 Å². The Balaban J connectivity index is 1.55. The second-order valence-electron chi connectivity index (χ2n) is 8.17. The highest BCUT2D eigenvalue weighted by molar-refractivity contribution is 7.92. The van der Waals surface area contributed by atoms with Gasteiger partial charge in [-0.05, 0) is 43.3 Å². The van der Waals surface area contributed by atoms with Gasteiger partial charge in [0.05, 0.1) is 11.2 Å². The van der Waals surface area contributed by atoms with E-state index < -0.39 is 27.0 Å². The number of amides is 3. The van der Waals surface area contributed by atoms with Crippen molar-refractivity contribution < 1.29 is 27.2 Å². The summed E-state index contributed by atoms with van der Waals surface area (Å²) in [5.74, 6) is -1.53. The lowest BCUT2D eigenvalue weighted by atomic mass is 10.1. The highest BCUT2D eigenvalue weighted by Crippen LogP contribution is 2.19. The van der Waals surface area contributed by atoms with E-state index in [-0.39, 0.29) is 48.3 Å².